The molecule has 0 saturated heterocycles. The van der Waals surface area contributed by atoms with Gasteiger partial charge in [-0.1, -0.05) is 12.1 Å². The molecule has 0 amide bonds. The van der Waals surface area contributed by atoms with Crippen LogP contribution in [0.1, 0.15) is 18.5 Å². The summed E-state index contributed by atoms with van der Waals surface area (Å²) in [5.41, 5.74) is 5.13. The lowest BCUT2D eigenvalue weighted by atomic mass is 10.0. The summed E-state index contributed by atoms with van der Waals surface area (Å²) in [5, 5.41) is 0. The lowest BCUT2D eigenvalue weighted by Gasteiger charge is -2.22. The Labute approximate surface area is 122 Å². The second-order valence-corrected chi connectivity index (χ2v) is 4.26. The molecule has 1 atom stereocenters. The van der Waals surface area contributed by atoms with Crippen LogP contribution in [-0.2, 0) is 9.53 Å². The first-order valence-corrected chi connectivity index (χ1v) is 5.86. The summed E-state index contributed by atoms with van der Waals surface area (Å²) in [6.07, 6.45) is 0. The van der Waals surface area contributed by atoms with Gasteiger partial charge in [-0.3, -0.25) is 0 Å². The lowest BCUT2D eigenvalue weighted by Crippen LogP contribution is -2.42. The molecule has 2 N–H and O–H groups in total. The van der Waals surface area contributed by atoms with Gasteiger partial charge in [0.25, 0.3) is 0 Å². The van der Waals surface area contributed by atoms with E-state index < -0.39 is 23.8 Å². The predicted molar refractivity (Wildman–Crippen MR) is 69.9 cm³/mol. The number of esters is 1. The first kappa shape index (κ1) is 18.2. The molecule has 19 heavy (non-hydrogen) atoms. The Bertz CT molecular complexity index is 460. The van der Waals surface area contributed by atoms with E-state index in [4.69, 9.17) is 5.73 Å². The number of rotatable bonds is 4. The highest BCUT2D eigenvalue weighted by Crippen LogP contribution is 2.35. The molecule has 1 rings (SSSR count). The van der Waals surface area contributed by atoms with E-state index in [2.05, 4.69) is 20.7 Å². The zero-order valence-electron chi connectivity index (χ0n) is 9.83. The molecule has 0 aliphatic rings. The van der Waals surface area contributed by atoms with E-state index in [0.29, 0.717) is 0 Å². The van der Waals surface area contributed by atoms with Crippen molar-refractivity contribution in [1.82, 2.24) is 0 Å². The van der Waals surface area contributed by atoms with Crippen molar-refractivity contribution in [2.75, 3.05) is 6.61 Å². The molecular formula is C11H12BrClF3NO2. The Morgan fingerprint density at radius 2 is 2.11 bits per heavy atom. The van der Waals surface area contributed by atoms with E-state index in [9.17, 15) is 18.0 Å². The highest BCUT2D eigenvalue weighted by atomic mass is 79.9. The van der Waals surface area contributed by atoms with Gasteiger partial charge in [0, 0.05) is 0 Å². The number of hydrogen-bond donors (Lipinski definition) is 1. The fourth-order valence-corrected chi connectivity index (χ4v) is 1.82. The zero-order chi connectivity index (χ0) is 13.9. The molecule has 3 nitrogen and oxygen atoms in total. The third-order valence-corrected chi connectivity index (χ3v) is 3.09. The Kier molecular flexibility index (Phi) is 6.82. The van der Waals surface area contributed by atoms with Crippen LogP contribution in [0.2, 0.25) is 0 Å². The van der Waals surface area contributed by atoms with Crippen molar-refractivity contribution >= 4 is 34.3 Å². The van der Waals surface area contributed by atoms with E-state index in [-0.39, 0.29) is 29.1 Å². The van der Waals surface area contributed by atoms with Crippen molar-refractivity contribution in [3.8, 4) is 0 Å². The molecule has 0 saturated carbocycles. The molecule has 0 fully saturated rings. The first-order chi connectivity index (χ1) is 8.32. The molecule has 108 valence electrons. The Morgan fingerprint density at radius 1 is 1.53 bits per heavy atom. The molecule has 0 heterocycles. The van der Waals surface area contributed by atoms with Crippen molar-refractivity contribution in [1.29, 1.82) is 0 Å². The van der Waals surface area contributed by atoms with Gasteiger partial charge in [0.1, 0.15) is 11.9 Å². The summed E-state index contributed by atoms with van der Waals surface area (Å²) in [5.74, 6) is -6.39. The number of benzene rings is 1. The SMILES string of the molecule is CCOC(=O)C(F)(F)[C@@H](N)c1cccc(F)c1Br.Cl. The maximum atomic E-state index is 13.7. The second kappa shape index (κ2) is 7.12. The van der Waals surface area contributed by atoms with Crippen LogP contribution in [0.3, 0.4) is 0 Å². The van der Waals surface area contributed by atoms with Gasteiger partial charge in [-0.25, -0.2) is 9.18 Å². The highest BCUT2D eigenvalue weighted by molar-refractivity contribution is 9.10. The summed E-state index contributed by atoms with van der Waals surface area (Å²) < 4.78 is 44.6. The minimum Gasteiger partial charge on any atom is -0.462 e. The van der Waals surface area contributed by atoms with Gasteiger partial charge in [0.2, 0.25) is 0 Å². The third kappa shape index (κ3) is 3.84. The lowest BCUT2D eigenvalue weighted by molar-refractivity contribution is -0.174. The minimum absolute atomic E-state index is 0. The number of hydrogen-bond acceptors (Lipinski definition) is 3. The van der Waals surface area contributed by atoms with Crippen molar-refractivity contribution in [2.45, 2.75) is 18.9 Å². The Balaban J connectivity index is 0.00000324. The topological polar surface area (TPSA) is 52.3 Å². The fourth-order valence-electron chi connectivity index (χ4n) is 1.31. The van der Waals surface area contributed by atoms with Gasteiger partial charge >= 0.3 is 11.9 Å². The van der Waals surface area contributed by atoms with Crippen LogP contribution in [0, 0.1) is 5.82 Å². The molecule has 0 bridgehead atoms. The van der Waals surface area contributed by atoms with Crippen LogP contribution in [-0.4, -0.2) is 18.5 Å². The third-order valence-electron chi connectivity index (χ3n) is 2.25. The van der Waals surface area contributed by atoms with Crippen molar-refractivity contribution in [2.24, 2.45) is 5.73 Å². The van der Waals surface area contributed by atoms with E-state index in [0.717, 1.165) is 6.07 Å². The predicted octanol–water partition coefficient (Wildman–Crippen LogP) is 3.21. The van der Waals surface area contributed by atoms with Crippen molar-refractivity contribution in [3.63, 3.8) is 0 Å². The normalized spacial score (nSPS) is 12.5. The monoisotopic (exact) mass is 361 g/mol. The molecule has 1 aromatic rings. The summed E-state index contributed by atoms with van der Waals surface area (Å²) >= 11 is 2.82. The molecule has 0 aliphatic carbocycles. The summed E-state index contributed by atoms with van der Waals surface area (Å²) in [6.45, 7) is 1.21. The highest BCUT2D eigenvalue weighted by Gasteiger charge is 2.48. The second-order valence-electron chi connectivity index (χ2n) is 3.46. The standard InChI is InChI=1S/C11H11BrF3NO2.ClH/c1-2-18-10(17)11(14,15)9(16)6-4-3-5-7(13)8(6)12;/h3-5,9H,2,16H2,1H3;1H/t9-;/m0./s1. The maximum Gasteiger partial charge on any atom is 0.379 e. The number of carbonyl (C=O) groups is 1. The van der Waals surface area contributed by atoms with E-state index in [1.165, 1.54) is 19.1 Å². The summed E-state index contributed by atoms with van der Waals surface area (Å²) in [6, 6.07) is 1.55. The number of halogens is 5. The molecule has 0 spiro atoms. The van der Waals surface area contributed by atoms with E-state index >= 15 is 0 Å². The van der Waals surface area contributed by atoms with E-state index in [1.54, 1.807) is 0 Å². The molecular weight excluding hydrogens is 350 g/mol. The van der Waals surface area contributed by atoms with Gasteiger partial charge in [-0.2, -0.15) is 8.78 Å². The van der Waals surface area contributed by atoms with Crippen LogP contribution in [0.25, 0.3) is 0 Å². The smallest absolute Gasteiger partial charge is 0.379 e. The minimum atomic E-state index is -3.92. The molecule has 1 aromatic carbocycles. The van der Waals surface area contributed by atoms with Gasteiger partial charge in [-0.05, 0) is 34.5 Å². The molecule has 0 aromatic heterocycles. The van der Waals surface area contributed by atoms with Gasteiger partial charge in [-0.15, -0.1) is 12.4 Å². The largest absolute Gasteiger partial charge is 0.462 e. The molecule has 0 aliphatic heterocycles. The average Bonchev–Trinajstić information content (AvgIpc) is 2.32. The Hall–Kier alpha value is -0.790. The zero-order valence-corrected chi connectivity index (χ0v) is 12.2. The number of ether oxygens (including phenoxy) is 1. The number of nitrogens with two attached hydrogens (primary N) is 1. The van der Waals surface area contributed by atoms with Gasteiger partial charge in [0.15, 0.2) is 0 Å². The molecule has 0 radical (unpaired) electrons. The van der Waals surface area contributed by atoms with Gasteiger partial charge < -0.3 is 10.5 Å². The van der Waals surface area contributed by atoms with Crippen molar-refractivity contribution < 1.29 is 22.7 Å². The number of alkyl halides is 2. The Morgan fingerprint density at radius 3 is 2.63 bits per heavy atom. The molecule has 0 unspecified atom stereocenters. The van der Waals surface area contributed by atoms with Crippen LogP contribution in [0.4, 0.5) is 13.2 Å². The quantitative estimate of drug-likeness (QED) is 0.837. The average molecular weight is 363 g/mol. The van der Waals surface area contributed by atoms with Gasteiger partial charge in [0.05, 0.1) is 11.1 Å². The van der Waals surface area contributed by atoms with Crippen molar-refractivity contribution in [3.05, 3.63) is 34.1 Å². The summed E-state index contributed by atoms with van der Waals surface area (Å²) in [4.78, 5) is 11.1. The number of carbonyl (C=O) groups excluding carboxylic acids is 1. The van der Waals surface area contributed by atoms with Crippen LogP contribution in [0.5, 0.6) is 0 Å². The van der Waals surface area contributed by atoms with Crippen LogP contribution in [0.15, 0.2) is 22.7 Å². The molecule has 8 heteroatoms. The van der Waals surface area contributed by atoms with Crippen LogP contribution < -0.4 is 5.73 Å². The maximum absolute atomic E-state index is 13.7. The fraction of sp³-hybridized carbons (Fsp3) is 0.364. The van der Waals surface area contributed by atoms with E-state index in [1.807, 2.05) is 0 Å². The summed E-state index contributed by atoms with van der Waals surface area (Å²) in [7, 11) is 0. The first-order valence-electron chi connectivity index (χ1n) is 5.06. The van der Waals surface area contributed by atoms with Crippen LogP contribution >= 0.6 is 28.3 Å².